The van der Waals surface area contributed by atoms with Gasteiger partial charge in [-0.1, -0.05) is 64.5 Å². The lowest BCUT2D eigenvalue weighted by atomic mass is 10.00. The molecule has 1 heterocycles. The lowest BCUT2D eigenvalue weighted by Crippen LogP contribution is -2.28. The van der Waals surface area contributed by atoms with Crippen LogP contribution in [0.5, 0.6) is 0 Å². The maximum atomic E-state index is 13.0. The van der Waals surface area contributed by atoms with Crippen LogP contribution in [0, 0.1) is 0 Å². The summed E-state index contributed by atoms with van der Waals surface area (Å²) in [6.45, 7) is 2.94. The van der Waals surface area contributed by atoms with Crippen molar-refractivity contribution in [2.45, 2.75) is 6.54 Å². The third-order valence-corrected chi connectivity index (χ3v) is 6.14. The highest BCUT2D eigenvalue weighted by molar-refractivity contribution is 9.10. The Morgan fingerprint density at radius 3 is 2.36 bits per heavy atom. The number of carbonyl (C=O) groups is 1. The number of nitrogens with one attached hydrogen (secondary N) is 2. The Morgan fingerprint density at radius 2 is 1.67 bits per heavy atom. The van der Waals surface area contributed by atoms with Gasteiger partial charge in [0, 0.05) is 35.4 Å². The van der Waals surface area contributed by atoms with Crippen molar-refractivity contribution >= 4 is 44.5 Å². The Kier molecular flexibility index (Phi) is 7.28. The van der Waals surface area contributed by atoms with Gasteiger partial charge in [-0.05, 0) is 56.5 Å². The highest BCUT2D eigenvalue weighted by Gasteiger charge is 2.28. The molecule has 0 aromatic heterocycles. The Bertz CT molecular complexity index is 1160. The Balaban J connectivity index is 1.62. The first-order chi connectivity index (χ1) is 15.9. The lowest BCUT2D eigenvalue weighted by molar-refractivity contribution is -0.110. The van der Waals surface area contributed by atoms with Gasteiger partial charge >= 0.3 is 0 Å². The molecule has 3 aromatic rings. The van der Waals surface area contributed by atoms with E-state index >= 15 is 0 Å². The first-order valence-electron chi connectivity index (χ1n) is 11.0. The molecule has 0 saturated heterocycles. The van der Waals surface area contributed by atoms with Gasteiger partial charge in [-0.2, -0.15) is 0 Å². The lowest BCUT2D eigenvalue weighted by Gasteiger charge is -2.20. The van der Waals surface area contributed by atoms with Crippen LogP contribution in [0.15, 0.2) is 77.3 Å². The van der Waals surface area contributed by atoms with Gasteiger partial charge in [-0.25, -0.2) is 0 Å². The summed E-state index contributed by atoms with van der Waals surface area (Å²) < 4.78 is 0.933. The first kappa shape index (κ1) is 23.2. The van der Waals surface area contributed by atoms with Gasteiger partial charge in [0.25, 0.3) is 5.91 Å². The third-order valence-electron chi connectivity index (χ3n) is 5.64. The average Bonchev–Trinajstić information content (AvgIpc) is 3.12. The quantitative estimate of drug-likeness (QED) is 0.404. The van der Waals surface area contributed by atoms with Crippen LogP contribution in [0.25, 0.3) is 11.3 Å². The number of hydrogen-bond acceptors (Lipinski definition) is 4. The van der Waals surface area contributed by atoms with E-state index in [2.05, 4.69) is 81.8 Å². The van der Waals surface area contributed by atoms with Crippen LogP contribution in [-0.2, 0) is 11.3 Å². The van der Waals surface area contributed by atoms with E-state index in [0.29, 0.717) is 5.57 Å². The molecule has 0 spiro atoms. The van der Waals surface area contributed by atoms with Crippen molar-refractivity contribution in [2.75, 3.05) is 44.9 Å². The Hall–Kier alpha value is -2.93. The van der Waals surface area contributed by atoms with Crippen LogP contribution >= 0.6 is 15.9 Å². The molecule has 1 aliphatic heterocycles. The smallest absolute Gasteiger partial charge is 0.258 e. The number of fused-ring (bicyclic) bond motifs is 1. The predicted molar refractivity (Wildman–Crippen MR) is 141 cm³/mol. The van der Waals surface area contributed by atoms with Gasteiger partial charge in [-0.3, -0.25) is 4.79 Å². The summed E-state index contributed by atoms with van der Waals surface area (Å²) >= 11 is 3.49. The minimum absolute atomic E-state index is 0.103. The van der Waals surface area contributed by atoms with Crippen LogP contribution in [-0.4, -0.2) is 49.9 Å². The number of carbonyl (C=O) groups excluding carboxylic acids is 1. The number of rotatable bonds is 8. The number of nitrogens with zero attached hydrogens (tertiary/aromatic N) is 2. The molecule has 170 valence electrons. The van der Waals surface area contributed by atoms with E-state index in [0.717, 1.165) is 52.3 Å². The van der Waals surface area contributed by atoms with E-state index in [1.54, 1.807) is 0 Å². The summed E-state index contributed by atoms with van der Waals surface area (Å²) in [5, 5.41) is 6.53. The summed E-state index contributed by atoms with van der Waals surface area (Å²) in [6.07, 6.45) is 0. The third kappa shape index (κ3) is 5.71. The fourth-order valence-electron chi connectivity index (χ4n) is 3.88. The summed E-state index contributed by atoms with van der Waals surface area (Å²) in [7, 11) is 6.33. The molecular formula is C27H29BrN4O. The predicted octanol–water partition coefficient (Wildman–Crippen LogP) is 5.38. The highest BCUT2D eigenvalue weighted by Crippen LogP contribution is 2.38. The summed E-state index contributed by atoms with van der Waals surface area (Å²) in [5.41, 5.74) is 6.32. The Labute approximate surface area is 204 Å². The fourth-order valence-corrected chi connectivity index (χ4v) is 4.24. The molecule has 4 rings (SSSR count). The van der Waals surface area contributed by atoms with Gasteiger partial charge in [0.2, 0.25) is 0 Å². The van der Waals surface area contributed by atoms with Crippen LogP contribution in [0.1, 0.15) is 16.7 Å². The van der Waals surface area contributed by atoms with Gasteiger partial charge < -0.3 is 20.4 Å². The molecule has 2 N–H and O–H groups in total. The normalized spacial score (nSPS) is 14.4. The first-order valence-corrected chi connectivity index (χ1v) is 11.8. The Morgan fingerprint density at radius 1 is 0.939 bits per heavy atom. The molecule has 6 heteroatoms. The summed E-state index contributed by atoms with van der Waals surface area (Å²) in [6, 6.07) is 24.3. The molecule has 1 aliphatic rings. The molecule has 0 saturated carbocycles. The summed E-state index contributed by atoms with van der Waals surface area (Å²) in [5.74, 6) is -0.103. The zero-order chi connectivity index (χ0) is 23.4. The van der Waals surface area contributed by atoms with Gasteiger partial charge in [-0.15, -0.1) is 0 Å². The number of anilines is 2. The van der Waals surface area contributed by atoms with Crippen molar-refractivity contribution in [2.24, 2.45) is 0 Å². The van der Waals surface area contributed by atoms with Crippen molar-refractivity contribution in [1.29, 1.82) is 0 Å². The number of likely N-dealkylation sites (N-methyl/N-ethyl adjacent to an activating group) is 2. The van der Waals surface area contributed by atoms with Crippen molar-refractivity contribution in [3.8, 4) is 0 Å². The van der Waals surface area contributed by atoms with Gasteiger partial charge in [0.1, 0.15) is 0 Å². The van der Waals surface area contributed by atoms with Gasteiger partial charge in [0.05, 0.1) is 17.0 Å². The zero-order valence-electron chi connectivity index (χ0n) is 19.2. The van der Waals surface area contributed by atoms with Gasteiger partial charge in [0.15, 0.2) is 0 Å². The standard InChI is InChI=1S/C27H29BrN4O/c1-31(2)15-16-32(3)18-19-9-12-22(13-10-19)29-26(20-7-5-4-6-8-20)25-23-14-11-21(28)17-24(23)30-27(25)33/h4-14,17,29H,15-16,18H2,1-3H3,(H,30,33). The maximum absolute atomic E-state index is 13.0. The molecule has 0 unspecified atom stereocenters. The van der Waals surface area contributed by atoms with Crippen LogP contribution in [0.4, 0.5) is 11.4 Å². The molecule has 0 aliphatic carbocycles. The minimum Gasteiger partial charge on any atom is -0.354 e. The van der Waals surface area contributed by atoms with E-state index in [1.165, 1.54) is 5.56 Å². The second-order valence-corrected chi connectivity index (χ2v) is 9.54. The number of benzene rings is 3. The SMILES string of the molecule is CN(C)CCN(C)Cc1ccc(NC(=C2C(=O)Nc3cc(Br)ccc32)c2ccccc2)cc1. The summed E-state index contributed by atoms with van der Waals surface area (Å²) in [4.78, 5) is 17.5. The molecule has 5 nitrogen and oxygen atoms in total. The van der Waals surface area contributed by atoms with E-state index in [1.807, 2.05) is 48.5 Å². The number of hydrogen-bond donors (Lipinski definition) is 2. The van der Waals surface area contributed by atoms with Crippen molar-refractivity contribution in [3.63, 3.8) is 0 Å². The molecule has 0 atom stereocenters. The largest absolute Gasteiger partial charge is 0.354 e. The maximum Gasteiger partial charge on any atom is 0.258 e. The second-order valence-electron chi connectivity index (χ2n) is 8.62. The van der Waals surface area contributed by atoms with Crippen LogP contribution in [0.3, 0.4) is 0 Å². The second kappa shape index (κ2) is 10.3. The monoisotopic (exact) mass is 504 g/mol. The molecule has 33 heavy (non-hydrogen) atoms. The minimum atomic E-state index is -0.103. The molecule has 1 amide bonds. The van der Waals surface area contributed by atoms with E-state index in [9.17, 15) is 4.79 Å². The molecular weight excluding hydrogens is 476 g/mol. The van der Waals surface area contributed by atoms with E-state index in [-0.39, 0.29) is 5.91 Å². The van der Waals surface area contributed by atoms with E-state index < -0.39 is 0 Å². The van der Waals surface area contributed by atoms with E-state index in [4.69, 9.17) is 0 Å². The number of amides is 1. The molecule has 0 bridgehead atoms. The van der Waals surface area contributed by atoms with Crippen LogP contribution < -0.4 is 10.6 Å². The highest BCUT2D eigenvalue weighted by atomic mass is 79.9. The topological polar surface area (TPSA) is 47.6 Å². The zero-order valence-corrected chi connectivity index (χ0v) is 20.8. The van der Waals surface area contributed by atoms with Crippen molar-refractivity contribution < 1.29 is 4.79 Å². The fraction of sp³-hybridized carbons (Fsp3) is 0.222. The van der Waals surface area contributed by atoms with Crippen LogP contribution in [0.2, 0.25) is 0 Å². The number of halogens is 1. The average molecular weight is 505 g/mol. The molecule has 0 fully saturated rings. The van der Waals surface area contributed by atoms with Crippen molar-refractivity contribution in [3.05, 3.63) is 94.0 Å². The van der Waals surface area contributed by atoms with Crippen molar-refractivity contribution in [1.82, 2.24) is 9.80 Å². The molecule has 3 aromatic carbocycles. The molecule has 0 radical (unpaired) electrons.